The van der Waals surface area contributed by atoms with Crippen LogP contribution in [0, 0.1) is 11.8 Å². The molecular weight excluding hydrogens is 264 g/mol. The average Bonchev–Trinajstić information content (AvgIpc) is 2.97. The lowest BCUT2D eigenvalue weighted by molar-refractivity contribution is 0.0972. The SMILES string of the molecule is c1csc(C(C2CC2)N2CCCC(C3CCCN3)C2)c1. The summed E-state index contributed by atoms with van der Waals surface area (Å²) in [5, 5.41) is 6.00. The van der Waals surface area contributed by atoms with Crippen molar-refractivity contribution < 1.29 is 0 Å². The lowest BCUT2D eigenvalue weighted by Gasteiger charge is -2.40. The van der Waals surface area contributed by atoms with E-state index in [-0.39, 0.29) is 0 Å². The molecule has 1 saturated carbocycles. The highest BCUT2D eigenvalue weighted by Crippen LogP contribution is 2.47. The Morgan fingerprint density at radius 3 is 2.85 bits per heavy atom. The van der Waals surface area contributed by atoms with Crippen LogP contribution in [0.4, 0.5) is 0 Å². The van der Waals surface area contributed by atoms with Gasteiger partial charge >= 0.3 is 0 Å². The topological polar surface area (TPSA) is 15.3 Å². The van der Waals surface area contributed by atoms with Gasteiger partial charge in [-0.05, 0) is 74.9 Å². The average molecular weight is 290 g/mol. The van der Waals surface area contributed by atoms with Crippen molar-refractivity contribution in [3.8, 4) is 0 Å². The highest BCUT2D eigenvalue weighted by atomic mass is 32.1. The number of thiophene rings is 1. The van der Waals surface area contributed by atoms with E-state index in [9.17, 15) is 0 Å². The Morgan fingerprint density at radius 2 is 2.15 bits per heavy atom. The monoisotopic (exact) mass is 290 g/mol. The minimum Gasteiger partial charge on any atom is -0.314 e. The lowest BCUT2D eigenvalue weighted by Crippen LogP contribution is -2.45. The Labute approximate surface area is 126 Å². The van der Waals surface area contributed by atoms with E-state index in [0.717, 1.165) is 23.9 Å². The standard InChI is InChI=1S/C17H26N2S/c1-5-15(18-9-1)14-4-2-10-19(12-14)17(13-7-8-13)16-6-3-11-20-16/h3,6,11,13-15,17-18H,1-2,4-5,7-10,12H2. The van der Waals surface area contributed by atoms with Crippen molar-refractivity contribution in [2.75, 3.05) is 19.6 Å². The summed E-state index contributed by atoms with van der Waals surface area (Å²) in [6, 6.07) is 6.14. The van der Waals surface area contributed by atoms with Crippen LogP contribution in [0.3, 0.4) is 0 Å². The molecule has 0 amide bonds. The van der Waals surface area contributed by atoms with Crippen LogP contribution in [0.2, 0.25) is 0 Å². The molecule has 3 heterocycles. The van der Waals surface area contributed by atoms with Crippen molar-refractivity contribution in [1.82, 2.24) is 10.2 Å². The number of piperidine rings is 1. The third-order valence-electron chi connectivity index (χ3n) is 5.45. The van der Waals surface area contributed by atoms with Crippen LogP contribution in [0.1, 0.15) is 49.4 Å². The highest BCUT2D eigenvalue weighted by Gasteiger charge is 2.39. The summed E-state index contributed by atoms with van der Waals surface area (Å²) in [7, 11) is 0. The third kappa shape index (κ3) is 2.68. The Bertz CT molecular complexity index is 420. The summed E-state index contributed by atoms with van der Waals surface area (Å²) in [6.45, 7) is 3.90. The second-order valence-electron chi connectivity index (χ2n) is 6.90. The van der Waals surface area contributed by atoms with E-state index in [1.807, 2.05) is 11.3 Å². The van der Waals surface area contributed by atoms with Crippen molar-refractivity contribution in [3.63, 3.8) is 0 Å². The zero-order valence-electron chi connectivity index (χ0n) is 12.3. The Kier molecular flexibility index (Phi) is 3.84. The summed E-state index contributed by atoms with van der Waals surface area (Å²) < 4.78 is 0. The van der Waals surface area contributed by atoms with Gasteiger partial charge < -0.3 is 5.32 Å². The first kappa shape index (κ1) is 13.3. The molecule has 0 radical (unpaired) electrons. The van der Waals surface area contributed by atoms with E-state index >= 15 is 0 Å². The molecule has 0 bridgehead atoms. The van der Waals surface area contributed by atoms with E-state index in [1.165, 1.54) is 58.2 Å². The summed E-state index contributed by atoms with van der Waals surface area (Å²) in [5.74, 6) is 1.84. The molecule has 20 heavy (non-hydrogen) atoms. The first-order valence-electron chi connectivity index (χ1n) is 8.42. The fourth-order valence-corrected chi connectivity index (χ4v) is 5.27. The van der Waals surface area contributed by atoms with Gasteiger partial charge in [0.15, 0.2) is 0 Å². The molecular formula is C17H26N2S. The second-order valence-corrected chi connectivity index (χ2v) is 7.88. The molecule has 1 N–H and O–H groups in total. The van der Waals surface area contributed by atoms with Crippen LogP contribution in [-0.4, -0.2) is 30.6 Å². The fraction of sp³-hybridized carbons (Fsp3) is 0.765. The van der Waals surface area contributed by atoms with E-state index in [2.05, 4.69) is 27.7 Å². The van der Waals surface area contributed by atoms with Crippen molar-refractivity contribution in [1.29, 1.82) is 0 Å². The molecule has 0 spiro atoms. The van der Waals surface area contributed by atoms with E-state index in [0.29, 0.717) is 0 Å². The second kappa shape index (κ2) is 5.78. The van der Waals surface area contributed by atoms with Gasteiger partial charge in [0.05, 0.1) is 0 Å². The Balaban J connectivity index is 1.48. The quantitative estimate of drug-likeness (QED) is 0.910. The third-order valence-corrected chi connectivity index (χ3v) is 6.40. The molecule has 1 aromatic heterocycles. The van der Waals surface area contributed by atoms with Crippen molar-refractivity contribution >= 4 is 11.3 Å². The van der Waals surface area contributed by atoms with Gasteiger partial charge in [0.2, 0.25) is 0 Å². The number of rotatable bonds is 4. The molecule has 3 aliphatic rings. The van der Waals surface area contributed by atoms with E-state index in [1.54, 1.807) is 4.88 Å². The van der Waals surface area contributed by atoms with Crippen LogP contribution < -0.4 is 5.32 Å². The van der Waals surface area contributed by atoms with Crippen LogP contribution in [0.5, 0.6) is 0 Å². The van der Waals surface area contributed by atoms with E-state index in [4.69, 9.17) is 0 Å². The molecule has 2 aliphatic heterocycles. The van der Waals surface area contributed by atoms with E-state index < -0.39 is 0 Å². The molecule has 3 heteroatoms. The predicted octanol–water partition coefficient (Wildman–Crippen LogP) is 3.66. The molecule has 4 rings (SSSR count). The van der Waals surface area contributed by atoms with Crippen LogP contribution >= 0.6 is 11.3 Å². The fourth-order valence-electron chi connectivity index (χ4n) is 4.32. The maximum atomic E-state index is 3.74. The van der Waals surface area contributed by atoms with Gasteiger partial charge in [-0.3, -0.25) is 4.90 Å². The Morgan fingerprint density at radius 1 is 1.20 bits per heavy atom. The largest absolute Gasteiger partial charge is 0.314 e. The molecule has 2 nitrogen and oxygen atoms in total. The van der Waals surface area contributed by atoms with Crippen LogP contribution in [0.25, 0.3) is 0 Å². The van der Waals surface area contributed by atoms with Gasteiger partial charge in [0, 0.05) is 23.5 Å². The number of hydrogen-bond donors (Lipinski definition) is 1. The molecule has 3 atom stereocenters. The zero-order chi connectivity index (χ0) is 13.4. The number of likely N-dealkylation sites (tertiary alicyclic amines) is 1. The summed E-state index contributed by atoms with van der Waals surface area (Å²) in [6.07, 6.45) is 8.54. The summed E-state index contributed by atoms with van der Waals surface area (Å²) in [5.41, 5.74) is 0. The molecule has 2 saturated heterocycles. The minimum absolute atomic E-state index is 0.735. The highest BCUT2D eigenvalue weighted by molar-refractivity contribution is 7.10. The van der Waals surface area contributed by atoms with Gasteiger partial charge in [-0.15, -0.1) is 11.3 Å². The normalized spacial score (nSPS) is 33.4. The van der Waals surface area contributed by atoms with Crippen molar-refractivity contribution in [2.45, 2.75) is 50.6 Å². The molecule has 3 fully saturated rings. The van der Waals surface area contributed by atoms with Gasteiger partial charge in [0.25, 0.3) is 0 Å². The maximum Gasteiger partial charge on any atom is 0.0469 e. The molecule has 1 aliphatic carbocycles. The minimum atomic E-state index is 0.735. The van der Waals surface area contributed by atoms with Gasteiger partial charge in [-0.1, -0.05) is 6.07 Å². The molecule has 0 aromatic carbocycles. The predicted molar refractivity (Wildman–Crippen MR) is 85.1 cm³/mol. The summed E-state index contributed by atoms with van der Waals surface area (Å²) in [4.78, 5) is 4.45. The number of nitrogens with zero attached hydrogens (tertiary/aromatic N) is 1. The smallest absolute Gasteiger partial charge is 0.0469 e. The number of hydrogen-bond acceptors (Lipinski definition) is 3. The van der Waals surface area contributed by atoms with Crippen LogP contribution in [-0.2, 0) is 0 Å². The summed E-state index contributed by atoms with van der Waals surface area (Å²) >= 11 is 1.97. The first-order chi connectivity index (χ1) is 9.92. The molecule has 3 unspecified atom stereocenters. The first-order valence-corrected chi connectivity index (χ1v) is 9.30. The van der Waals surface area contributed by atoms with Crippen molar-refractivity contribution in [3.05, 3.63) is 22.4 Å². The van der Waals surface area contributed by atoms with Gasteiger partial charge in [-0.25, -0.2) is 0 Å². The molecule has 110 valence electrons. The van der Waals surface area contributed by atoms with Crippen molar-refractivity contribution in [2.24, 2.45) is 11.8 Å². The Hall–Kier alpha value is -0.380. The van der Waals surface area contributed by atoms with Gasteiger partial charge in [-0.2, -0.15) is 0 Å². The number of nitrogens with one attached hydrogen (secondary N) is 1. The van der Waals surface area contributed by atoms with Gasteiger partial charge in [0.1, 0.15) is 0 Å². The van der Waals surface area contributed by atoms with Crippen LogP contribution in [0.15, 0.2) is 17.5 Å². The molecule has 1 aromatic rings. The maximum absolute atomic E-state index is 3.74. The lowest BCUT2D eigenvalue weighted by atomic mass is 9.88. The zero-order valence-corrected chi connectivity index (χ0v) is 13.1.